The van der Waals surface area contributed by atoms with Gasteiger partial charge in [0.2, 0.25) is 0 Å². The molecule has 0 aliphatic heterocycles. The van der Waals surface area contributed by atoms with Gasteiger partial charge in [-0.25, -0.2) is 0 Å². The van der Waals surface area contributed by atoms with E-state index >= 15 is 0 Å². The van der Waals surface area contributed by atoms with E-state index in [2.05, 4.69) is 26.2 Å². The molecular weight excluding hydrogens is 306 g/mol. The van der Waals surface area contributed by atoms with Crippen molar-refractivity contribution in [2.24, 2.45) is 0 Å². The maximum atomic E-state index is 5.86. The predicted molar refractivity (Wildman–Crippen MR) is 80.6 cm³/mol. The van der Waals surface area contributed by atoms with E-state index in [4.69, 9.17) is 10.2 Å². The number of hydrogen-bond acceptors (Lipinski definition) is 4. The van der Waals surface area contributed by atoms with Gasteiger partial charge >= 0.3 is 0 Å². The molecular formula is C14H12BrN3O. The Balaban J connectivity index is 1.99. The first-order chi connectivity index (χ1) is 9.13. The van der Waals surface area contributed by atoms with Crippen LogP contribution in [0.25, 0.3) is 11.1 Å². The number of halogens is 1. The fourth-order valence-corrected chi connectivity index (χ4v) is 2.38. The molecule has 3 N–H and O–H groups in total. The van der Waals surface area contributed by atoms with Crippen LogP contribution in [0.15, 0.2) is 45.3 Å². The van der Waals surface area contributed by atoms with Crippen molar-refractivity contribution >= 4 is 44.4 Å². The monoisotopic (exact) mass is 317 g/mol. The molecule has 0 atom stereocenters. The molecule has 4 nitrogen and oxygen atoms in total. The zero-order valence-corrected chi connectivity index (χ0v) is 11.9. The second kappa shape index (κ2) is 4.59. The lowest BCUT2D eigenvalue weighted by Gasteiger charge is -2.05. The van der Waals surface area contributed by atoms with Crippen LogP contribution in [0.5, 0.6) is 0 Å². The Morgan fingerprint density at radius 1 is 1.26 bits per heavy atom. The Bertz CT molecular complexity index is 752. The molecule has 0 bridgehead atoms. The highest BCUT2D eigenvalue weighted by molar-refractivity contribution is 9.10. The quantitative estimate of drug-likeness (QED) is 0.694. The molecule has 96 valence electrons. The van der Waals surface area contributed by atoms with Crippen LogP contribution in [0.2, 0.25) is 0 Å². The summed E-state index contributed by atoms with van der Waals surface area (Å²) < 4.78 is 6.66. The van der Waals surface area contributed by atoms with Crippen LogP contribution in [-0.4, -0.2) is 4.98 Å². The molecule has 1 aromatic heterocycles. The van der Waals surface area contributed by atoms with Gasteiger partial charge in [-0.05, 0) is 42.8 Å². The molecule has 2 aromatic carbocycles. The number of oxazole rings is 1. The van der Waals surface area contributed by atoms with Crippen LogP contribution in [0, 0.1) is 6.92 Å². The van der Waals surface area contributed by atoms with Gasteiger partial charge in [-0.15, -0.1) is 0 Å². The van der Waals surface area contributed by atoms with E-state index in [0.29, 0.717) is 22.8 Å². The SMILES string of the molecule is Cc1cc(Br)ccc1Nc1nc2c(N)cccc2o1. The Kier molecular flexibility index (Phi) is 2.91. The van der Waals surface area contributed by atoms with Crippen LogP contribution in [-0.2, 0) is 0 Å². The minimum Gasteiger partial charge on any atom is -0.423 e. The van der Waals surface area contributed by atoms with E-state index in [1.807, 2.05) is 37.3 Å². The molecule has 0 radical (unpaired) electrons. The van der Waals surface area contributed by atoms with Crippen molar-refractivity contribution in [3.8, 4) is 0 Å². The van der Waals surface area contributed by atoms with Crippen LogP contribution in [0.1, 0.15) is 5.56 Å². The van der Waals surface area contributed by atoms with E-state index in [1.165, 1.54) is 0 Å². The largest absolute Gasteiger partial charge is 0.423 e. The number of nitrogens with zero attached hydrogens (tertiary/aromatic N) is 1. The third-order valence-electron chi connectivity index (χ3n) is 2.88. The third kappa shape index (κ3) is 2.29. The number of rotatable bonds is 2. The minimum absolute atomic E-state index is 0.443. The Hall–Kier alpha value is -2.01. The summed E-state index contributed by atoms with van der Waals surface area (Å²) in [7, 11) is 0. The molecule has 0 saturated carbocycles. The Labute approximate surface area is 118 Å². The molecule has 0 saturated heterocycles. The second-order valence-corrected chi connectivity index (χ2v) is 5.21. The molecule has 5 heteroatoms. The van der Waals surface area contributed by atoms with Gasteiger partial charge in [-0.2, -0.15) is 4.98 Å². The second-order valence-electron chi connectivity index (χ2n) is 4.30. The van der Waals surface area contributed by atoms with Crippen LogP contribution < -0.4 is 11.1 Å². The van der Waals surface area contributed by atoms with E-state index in [1.54, 1.807) is 6.07 Å². The highest BCUT2D eigenvalue weighted by Gasteiger charge is 2.09. The number of para-hydroxylation sites is 1. The summed E-state index contributed by atoms with van der Waals surface area (Å²) >= 11 is 3.44. The number of nitrogens with one attached hydrogen (secondary N) is 1. The number of nitrogen functional groups attached to an aromatic ring is 1. The van der Waals surface area contributed by atoms with Gasteiger partial charge in [-0.3, -0.25) is 0 Å². The lowest BCUT2D eigenvalue weighted by molar-refractivity contribution is 0.623. The van der Waals surface area contributed by atoms with E-state index < -0.39 is 0 Å². The Morgan fingerprint density at radius 2 is 2.11 bits per heavy atom. The van der Waals surface area contributed by atoms with Crippen molar-refractivity contribution in [3.63, 3.8) is 0 Å². The molecule has 0 spiro atoms. The summed E-state index contributed by atoms with van der Waals surface area (Å²) in [5, 5.41) is 3.16. The number of hydrogen-bond donors (Lipinski definition) is 2. The van der Waals surface area contributed by atoms with Gasteiger partial charge < -0.3 is 15.5 Å². The molecule has 0 amide bonds. The smallest absolute Gasteiger partial charge is 0.300 e. The summed E-state index contributed by atoms with van der Waals surface area (Å²) in [6.07, 6.45) is 0. The fraction of sp³-hybridized carbons (Fsp3) is 0.0714. The lowest BCUT2D eigenvalue weighted by atomic mass is 10.2. The van der Waals surface area contributed by atoms with Crippen molar-refractivity contribution < 1.29 is 4.42 Å². The molecule has 3 rings (SSSR count). The highest BCUT2D eigenvalue weighted by Crippen LogP contribution is 2.27. The first kappa shape index (κ1) is 12.0. The predicted octanol–water partition coefficient (Wildman–Crippen LogP) is 4.22. The number of nitrogens with two attached hydrogens (primary N) is 1. The summed E-state index contributed by atoms with van der Waals surface area (Å²) in [5.74, 6) is 0. The van der Waals surface area contributed by atoms with Crippen LogP contribution in [0.3, 0.4) is 0 Å². The summed E-state index contributed by atoms with van der Waals surface area (Å²) in [5.41, 5.74) is 9.88. The number of fused-ring (bicyclic) bond motifs is 1. The lowest BCUT2D eigenvalue weighted by Crippen LogP contribution is -1.93. The van der Waals surface area contributed by atoms with Gasteiger partial charge in [0, 0.05) is 10.2 Å². The number of benzene rings is 2. The van der Waals surface area contributed by atoms with Gasteiger partial charge in [0.15, 0.2) is 5.58 Å². The first-order valence-corrected chi connectivity index (χ1v) is 6.61. The minimum atomic E-state index is 0.443. The molecule has 3 aromatic rings. The summed E-state index contributed by atoms with van der Waals surface area (Å²) in [6, 6.07) is 11.9. The summed E-state index contributed by atoms with van der Waals surface area (Å²) in [6.45, 7) is 2.02. The molecule has 19 heavy (non-hydrogen) atoms. The van der Waals surface area contributed by atoms with Crippen molar-refractivity contribution in [2.75, 3.05) is 11.1 Å². The zero-order valence-electron chi connectivity index (χ0n) is 10.3. The van der Waals surface area contributed by atoms with Gasteiger partial charge in [0.1, 0.15) is 5.52 Å². The Morgan fingerprint density at radius 3 is 2.84 bits per heavy atom. The third-order valence-corrected chi connectivity index (χ3v) is 3.37. The average Bonchev–Trinajstić information content (AvgIpc) is 2.77. The van der Waals surface area contributed by atoms with Gasteiger partial charge in [0.05, 0.1) is 5.69 Å². The van der Waals surface area contributed by atoms with E-state index in [9.17, 15) is 0 Å². The fourth-order valence-electron chi connectivity index (χ4n) is 1.91. The maximum Gasteiger partial charge on any atom is 0.300 e. The van der Waals surface area contributed by atoms with Gasteiger partial charge in [-0.1, -0.05) is 22.0 Å². The number of anilines is 3. The average molecular weight is 318 g/mol. The van der Waals surface area contributed by atoms with Crippen molar-refractivity contribution in [1.29, 1.82) is 0 Å². The first-order valence-electron chi connectivity index (χ1n) is 5.82. The van der Waals surface area contributed by atoms with Gasteiger partial charge in [0.25, 0.3) is 6.01 Å². The van der Waals surface area contributed by atoms with Crippen molar-refractivity contribution in [2.45, 2.75) is 6.92 Å². The molecule has 0 aliphatic rings. The number of aryl methyl sites for hydroxylation is 1. The zero-order chi connectivity index (χ0) is 13.4. The molecule has 0 aliphatic carbocycles. The van der Waals surface area contributed by atoms with E-state index in [0.717, 1.165) is 15.7 Å². The van der Waals surface area contributed by atoms with Crippen molar-refractivity contribution in [3.05, 3.63) is 46.4 Å². The summed E-state index contributed by atoms with van der Waals surface area (Å²) in [4.78, 5) is 4.36. The molecule has 0 unspecified atom stereocenters. The topological polar surface area (TPSA) is 64.1 Å². The van der Waals surface area contributed by atoms with Crippen LogP contribution in [0.4, 0.5) is 17.4 Å². The highest BCUT2D eigenvalue weighted by atomic mass is 79.9. The van der Waals surface area contributed by atoms with E-state index in [-0.39, 0.29) is 0 Å². The normalized spacial score (nSPS) is 10.8. The number of aromatic nitrogens is 1. The standard InChI is InChI=1S/C14H12BrN3O/c1-8-7-9(15)5-6-11(8)17-14-18-13-10(16)3-2-4-12(13)19-14/h2-7H,16H2,1H3,(H,17,18). The molecule has 0 fully saturated rings. The van der Waals surface area contributed by atoms with Crippen molar-refractivity contribution in [1.82, 2.24) is 4.98 Å². The molecule has 1 heterocycles. The maximum absolute atomic E-state index is 5.86. The van der Waals surface area contributed by atoms with Crippen LogP contribution >= 0.6 is 15.9 Å².